The second-order valence-electron chi connectivity index (χ2n) is 6.59. The van der Waals surface area contributed by atoms with Gasteiger partial charge in [-0.05, 0) is 26.0 Å². The summed E-state index contributed by atoms with van der Waals surface area (Å²) in [6.07, 6.45) is 0. The maximum absolute atomic E-state index is 6.11. The predicted molar refractivity (Wildman–Crippen MR) is 97.6 cm³/mol. The second kappa shape index (κ2) is 6.90. The van der Waals surface area contributed by atoms with Crippen LogP contribution in [0.2, 0.25) is 5.15 Å². The number of pyridine rings is 1. The first-order chi connectivity index (χ1) is 12.1. The number of halogens is 1. The Balaban J connectivity index is 1.84. The second-order valence-corrected chi connectivity index (χ2v) is 6.97. The molecule has 4 rings (SSSR count). The molecule has 0 radical (unpaired) electrons. The lowest BCUT2D eigenvalue weighted by Crippen LogP contribution is -2.46. The zero-order chi connectivity index (χ0) is 17.4. The number of fused-ring (bicyclic) bond motifs is 1. The molecule has 0 amide bonds. The minimum Gasteiger partial charge on any atom is -0.377 e. The number of anilines is 2. The molecular weight excluding hydrogens is 342 g/mol. The van der Waals surface area contributed by atoms with Crippen molar-refractivity contribution in [3.63, 3.8) is 0 Å². The topological polar surface area (TPSA) is 63.6 Å². The van der Waals surface area contributed by atoms with Crippen molar-refractivity contribution in [1.29, 1.82) is 0 Å². The molecule has 2 fully saturated rings. The van der Waals surface area contributed by atoms with Gasteiger partial charge in [0.1, 0.15) is 11.0 Å². The smallest absolute Gasteiger partial charge is 0.229 e. The van der Waals surface area contributed by atoms with Crippen molar-refractivity contribution in [2.75, 3.05) is 49.3 Å². The molecule has 0 N–H and O–H groups in total. The van der Waals surface area contributed by atoms with Crippen molar-refractivity contribution in [2.45, 2.75) is 25.9 Å². The standard InChI is InChI=1S/C17H22ClN5O2/c1-11-9-24-7-5-22(11)16-13-3-4-14(18)19-15(13)20-17(21-16)23-6-8-25-10-12(23)2/h3-4,11-12H,5-10H2,1-2H3/t11?,12-/m0/s1. The lowest BCUT2D eigenvalue weighted by molar-refractivity contribution is 0.0973. The summed E-state index contributed by atoms with van der Waals surface area (Å²) in [5, 5.41) is 1.36. The number of ether oxygens (including phenoxy) is 2. The lowest BCUT2D eigenvalue weighted by Gasteiger charge is -2.37. The van der Waals surface area contributed by atoms with Crippen molar-refractivity contribution in [2.24, 2.45) is 0 Å². The Bertz CT molecular complexity index is 774. The Morgan fingerprint density at radius 1 is 0.960 bits per heavy atom. The molecule has 0 spiro atoms. The van der Waals surface area contributed by atoms with Crippen molar-refractivity contribution in [3.05, 3.63) is 17.3 Å². The van der Waals surface area contributed by atoms with Crippen LogP contribution in [0.15, 0.2) is 12.1 Å². The Hall–Kier alpha value is -1.70. The van der Waals surface area contributed by atoms with Gasteiger partial charge in [-0.25, -0.2) is 4.98 Å². The van der Waals surface area contributed by atoms with Gasteiger partial charge >= 0.3 is 0 Å². The molecule has 2 saturated heterocycles. The summed E-state index contributed by atoms with van der Waals surface area (Å²) in [6.45, 7) is 8.57. The minimum atomic E-state index is 0.223. The first-order valence-corrected chi connectivity index (χ1v) is 9.04. The van der Waals surface area contributed by atoms with Crippen LogP contribution in [0.5, 0.6) is 0 Å². The highest BCUT2D eigenvalue weighted by atomic mass is 35.5. The van der Waals surface area contributed by atoms with Gasteiger partial charge in [0.15, 0.2) is 5.65 Å². The number of hydrogen-bond donors (Lipinski definition) is 0. The van der Waals surface area contributed by atoms with Crippen LogP contribution in [0.4, 0.5) is 11.8 Å². The maximum atomic E-state index is 6.11. The molecule has 2 aromatic heterocycles. The monoisotopic (exact) mass is 363 g/mol. The van der Waals surface area contributed by atoms with Crippen molar-refractivity contribution in [1.82, 2.24) is 15.0 Å². The van der Waals surface area contributed by atoms with Gasteiger partial charge in [-0.15, -0.1) is 0 Å². The van der Waals surface area contributed by atoms with E-state index in [2.05, 4.69) is 28.6 Å². The number of nitrogens with zero attached hydrogens (tertiary/aromatic N) is 5. The van der Waals surface area contributed by atoms with Crippen molar-refractivity contribution in [3.8, 4) is 0 Å². The summed E-state index contributed by atoms with van der Waals surface area (Å²) in [5.41, 5.74) is 0.630. The molecule has 7 nitrogen and oxygen atoms in total. The molecule has 25 heavy (non-hydrogen) atoms. The van der Waals surface area contributed by atoms with E-state index < -0.39 is 0 Å². The lowest BCUT2D eigenvalue weighted by atomic mass is 10.2. The largest absolute Gasteiger partial charge is 0.377 e. The van der Waals surface area contributed by atoms with Gasteiger partial charge in [0.2, 0.25) is 5.95 Å². The van der Waals surface area contributed by atoms with E-state index in [4.69, 9.17) is 31.0 Å². The molecule has 134 valence electrons. The first-order valence-electron chi connectivity index (χ1n) is 8.66. The Labute approximate surface area is 151 Å². The number of aromatic nitrogens is 3. The third-order valence-electron chi connectivity index (χ3n) is 4.76. The zero-order valence-electron chi connectivity index (χ0n) is 14.5. The van der Waals surface area contributed by atoms with E-state index in [1.54, 1.807) is 6.07 Å². The van der Waals surface area contributed by atoms with Crippen LogP contribution in [-0.2, 0) is 9.47 Å². The molecule has 2 aliphatic rings. The first kappa shape index (κ1) is 16.8. The quantitative estimate of drug-likeness (QED) is 0.757. The van der Waals surface area contributed by atoms with Crippen LogP contribution in [-0.4, -0.2) is 66.6 Å². The van der Waals surface area contributed by atoms with Gasteiger partial charge in [-0.3, -0.25) is 0 Å². The van der Waals surface area contributed by atoms with E-state index in [-0.39, 0.29) is 12.1 Å². The molecular formula is C17H22ClN5O2. The molecule has 2 aromatic rings. The Morgan fingerprint density at radius 3 is 2.32 bits per heavy atom. The van der Waals surface area contributed by atoms with Crippen LogP contribution < -0.4 is 9.80 Å². The van der Waals surface area contributed by atoms with Crippen LogP contribution in [0.25, 0.3) is 11.0 Å². The fourth-order valence-electron chi connectivity index (χ4n) is 3.37. The van der Waals surface area contributed by atoms with E-state index in [9.17, 15) is 0 Å². The van der Waals surface area contributed by atoms with Gasteiger partial charge in [0.25, 0.3) is 0 Å². The third-order valence-corrected chi connectivity index (χ3v) is 4.97. The van der Waals surface area contributed by atoms with E-state index in [1.165, 1.54) is 0 Å². The van der Waals surface area contributed by atoms with Crippen molar-refractivity contribution < 1.29 is 9.47 Å². The molecule has 0 aromatic carbocycles. The van der Waals surface area contributed by atoms with E-state index >= 15 is 0 Å². The predicted octanol–water partition coefficient (Wildman–Crippen LogP) is 2.13. The molecule has 2 atom stereocenters. The highest BCUT2D eigenvalue weighted by Gasteiger charge is 2.27. The summed E-state index contributed by atoms with van der Waals surface area (Å²) in [7, 11) is 0. The average molecular weight is 364 g/mol. The highest BCUT2D eigenvalue weighted by Crippen LogP contribution is 2.30. The molecule has 0 bridgehead atoms. The summed E-state index contributed by atoms with van der Waals surface area (Å²) in [4.78, 5) is 18.5. The molecule has 8 heteroatoms. The molecule has 0 aliphatic carbocycles. The van der Waals surface area contributed by atoms with E-state index in [0.717, 1.165) is 24.3 Å². The number of hydrogen-bond acceptors (Lipinski definition) is 7. The van der Waals surface area contributed by atoms with Crippen molar-refractivity contribution >= 4 is 34.4 Å². The summed E-state index contributed by atoms with van der Waals surface area (Å²) in [5.74, 6) is 1.59. The van der Waals surface area contributed by atoms with E-state index in [0.29, 0.717) is 43.2 Å². The Morgan fingerprint density at radius 2 is 1.64 bits per heavy atom. The summed E-state index contributed by atoms with van der Waals surface area (Å²) >= 11 is 6.11. The molecule has 0 saturated carbocycles. The number of morpholine rings is 2. The maximum Gasteiger partial charge on any atom is 0.229 e. The van der Waals surface area contributed by atoms with Gasteiger partial charge in [0, 0.05) is 13.1 Å². The summed E-state index contributed by atoms with van der Waals surface area (Å²) < 4.78 is 11.1. The van der Waals surface area contributed by atoms with Gasteiger partial charge in [0.05, 0.1) is 43.9 Å². The highest BCUT2D eigenvalue weighted by molar-refractivity contribution is 6.29. The van der Waals surface area contributed by atoms with Gasteiger partial charge in [-0.1, -0.05) is 11.6 Å². The Kier molecular flexibility index (Phi) is 4.62. The fourth-order valence-corrected chi connectivity index (χ4v) is 3.52. The number of rotatable bonds is 2. The van der Waals surface area contributed by atoms with Gasteiger partial charge in [-0.2, -0.15) is 9.97 Å². The third kappa shape index (κ3) is 3.23. The molecule has 4 heterocycles. The fraction of sp³-hybridized carbons (Fsp3) is 0.588. The van der Waals surface area contributed by atoms with Crippen LogP contribution in [0, 0.1) is 0 Å². The molecule has 1 unspecified atom stereocenters. The normalized spacial score (nSPS) is 24.8. The van der Waals surface area contributed by atoms with Gasteiger partial charge < -0.3 is 19.3 Å². The minimum absolute atomic E-state index is 0.223. The average Bonchev–Trinajstić information content (AvgIpc) is 2.61. The summed E-state index contributed by atoms with van der Waals surface area (Å²) in [6, 6.07) is 4.21. The van der Waals surface area contributed by atoms with Crippen LogP contribution >= 0.6 is 11.6 Å². The van der Waals surface area contributed by atoms with Crippen LogP contribution in [0.1, 0.15) is 13.8 Å². The van der Waals surface area contributed by atoms with Crippen LogP contribution in [0.3, 0.4) is 0 Å². The van der Waals surface area contributed by atoms with E-state index in [1.807, 2.05) is 6.07 Å². The zero-order valence-corrected chi connectivity index (χ0v) is 15.2. The SMILES string of the molecule is CC1COCCN1c1nc(N2CCOC[C@@H]2C)nc2nc(Cl)ccc12. The molecule has 2 aliphatic heterocycles.